The Bertz CT molecular complexity index is 3270. The first-order valence-electron chi connectivity index (χ1n) is 20.8. The average molecular weight is 923 g/mol. The maximum absolute atomic E-state index is 13.6. The van der Waals surface area contributed by atoms with Crippen molar-refractivity contribution in [2.45, 2.75) is 51.3 Å². The topological polar surface area (TPSA) is 166 Å². The number of aromatic hydroxyl groups is 1. The standard InChI is InChI=1S/C25H25FN2O4S.C24H23FN2O4S/c1-5-33(30,31)14-17-10-20-21(11-23(17)32-4)25(16-6-8-18(26)9-7-16)27-15(2)19-12-24(29)28(3)13-22(19)20;1-4-32(30,31)13-16-9-19-20(10-22(16)28)24(15-5-7-17(25)8-6-15)26-14(2)18-11-23(29)27(3)12-21(18)19/h6-13,15H,5,14H2,1-4H3;5-12,14,28H,4,13H2,1-3H3/t15-;14-/m00/s1. The highest BCUT2D eigenvalue weighted by Crippen LogP contribution is 2.42. The third-order valence-electron chi connectivity index (χ3n) is 11.7. The minimum atomic E-state index is -3.39. The van der Waals surface area contributed by atoms with Crippen LogP contribution in [-0.2, 0) is 45.3 Å². The van der Waals surface area contributed by atoms with Crippen LogP contribution in [0.25, 0.3) is 22.3 Å². The van der Waals surface area contributed by atoms with Crippen LogP contribution < -0.4 is 15.9 Å². The van der Waals surface area contributed by atoms with E-state index in [-0.39, 0.29) is 63.1 Å². The minimum absolute atomic E-state index is 0.0116. The van der Waals surface area contributed by atoms with Crippen molar-refractivity contribution in [1.29, 1.82) is 0 Å². The number of ether oxygens (including phenoxy) is 1. The largest absolute Gasteiger partial charge is 0.508 e. The number of hydrogen-bond acceptors (Lipinski definition) is 10. The number of fused-ring (bicyclic) bond motifs is 6. The van der Waals surface area contributed by atoms with Crippen molar-refractivity contribution >= 4 is 31.1 Å². The van der Waals surface area contributed by atoms with Crippen LogP contribution >= 0.6 is 0 Å². The summed E-state index contributed by atoms with van der Waals surface area (Å²) < 4.78 is 85.0. The summed E-state index contributed by atoms with van der Waals surface area (Å²) in [4.78, 5) is 34.5. The molecule has 0 radical (unpaired) electrons. The van der Waals surface area contributed by atoms with Crippen LogP contribution in [0.1, 0.15) is 84.3 Å². The van der Waals surface area contributed by atoms with Gasteiger partial charge in [0.2, 0.25) is 0 Å². The van der Waals surface area contributed by atoms with Crippen LogP contribution in [0.2, 0.25) is 0 Å². The molecular weight excluding hydrogens is 875 g/mol. The van der Waals surface area contributed by atoms with Crippen molar-refractivity contribution < 1.29 is 35.5 Å². The van der Waals surface area contributed by atoms with E-state index in [2.05, 4.69) is 0 Å². The summed E-state index contributed by atoms with van der Waals surface area (Å²) in [6, 6.07) is 21.0. The second-order valence-corrected chi connectivity index (χ2v) is 20.8. The molecule has 6 aromatic rings. The zero-order valence-electron chi connectivity index (χ0n) is 36.9. The first kappa shape index (κ1) is 46.5. The fraction of sp³-hybridized carbons (Fsp3) is 0.265. The molecule has 0 amide bonds. The molecule has 16 heteroatoms. The first-order chi connectivity index (χ1) is 30.7. The lowest BCUT2D eigenvalue weighted by atomic mass is 9.90. The normalized spacial score (nSPS) is 15.4. The van der Waals surface area contributed by atoms with Crippen LogP contribution in [-0.4, -0.2) is 61.1 Å². The van der Waals surface area contributed by atoms with Gasteiger partial charge in [-0.2, -0.15) is 0 Å². The summed E-state index contributed by atoms with van der Waals surface area (Å²) in [5.74, 6) is -0.971. The maximum Gasteiger partial charge on any atom is 0.250 e. The molecule has 0 aliphatic carbocycles. The molecule has 0 bridgehead atoms. The molecular formula is C49H48F2N4O8S2. The van der Waals surface area contributed by atoms with E-state index >= 15 is 0 Å². The number of aryl methyl sites for hydroxylation is 2. The van der Waals surface area contributed by atoms with Crippen LogP contribution in [0.3, 0.4) is 0 Å². The van der Waals surface area contributed by atoms with Crippen LogP contribution in [0.4, 0.5) is 8.78 Å². The van der Waals surface area contributed by atoms with E-state index in [9.17, 15) is 40.3 Å². The summed E-state index contributed by atoms with van der Waals surface area (Å²) in [7, 11) is -1.90. The minimum Gasteiger partial charge on any atom is -0.508 e. The van der Waals surface area contributed by atoms with Gasteiger partial charge in [0.1, 0.15) is 23.1 Å². The van der Waals surface area contributed by atoms with E-state index in [1.165, 1.54) is 52.6 Å². The van der Waals surface area contributed by atoms with Gasteiger partial charge in [-0.3, -0.25) is 19.6 Å². The van der Waals surface area contributed by atoms with Gasteiger partial charge in [0.15, 0.2) is 19.7 Å². The molecule has 2 aliphatic heterocycles. The molecule has 0 fully saturated rings. The zero-order valence-corrected chi connectivity index (χ0v) is 38.5. The molecule has 2 atom stereocenters. The molecule has 12 nitrogen and oxygen atoms in total. The summed E-state index contributed by atoms with van der Waals surface area (Å²) in [6.07, 6.45) is 3.45. The van der Waals surface area contributed by atoms with Gasteiger partial charge in [-0.15, -0.1) is 0 Å². The molecule has 1 N–H and O–H groups in total. The molecule has 0 saturated heterocycles. The third kappa shape index (κ3) is 9.64. The quantitative estimate of drug-likeness (QED) is 0.154. The number of aliphatic imine (C=N–C) groups is 2. The van der Waals surface area contributed by atoms with Gasteiger partial charge in [-0.25, -0.2) is 25.6 Å². The number of benzene rings is 4. The Labute approximate surface area is 376 Å². The second kappa shape index (κ2) is 18.2. The first-order valence-corrected chi connectivity index (χ1v) is 24.4. The number of hydrogen-bond donors (Lipinski definition) is 1. The number of methoxy groups -OCH3 is 1. The van der Waals surface area contributed by atoms with E-state index in [4.69, 9.17) is 14.7 Å². The predicted molar refractivity (Wildman–Crippen MR) is 250 cm³/mol. The number of sulfone groups is 2. The summed E-state index contributed by atoms with van der Waals surface area (Å²) in [5, 5.41) is 10.7. The molecule has 65 heavy (non-hydrogen) atoms. The lowest BCUT2D eigenvalue weighted by Crippen LogP contribution is -2.17. The van der Waals surface area contributed by atoms with Gasteiger partial charge >= 0.3 is 0 Å². The van der Waals surface area contributed by atoms with Crippen molar-refractivity contribution in [3.63, 3.8) is 0 Å². The van der Waals surface area contributed by atoms with Crippen LogP contribution in [0.5, 0.6) is 11.5 Å². The number of nitrogens with zero attached hydrogens (tertiary/aromatic N) is 4. The number of halogens is 2. The average Bonchev–Trinajstić information content (AvgIpc) is 3.45. The Kier molecular flexibility index (Phi) is 13.0. The third-order valence-corrected chi connectivity index (χ3v) is 14.9. The molecule has 4 heterocycles. The number of phenols is 1. The fourth-order valence-electron chi connectivity index (χ4n) is 7.96. The highest BCUT2D eigenvalue weighted by molar-refractivity contribution is 7.90. The van der Waals surface area contributed by atoms with Crippen LogP contribution in [0.15, 0.2) is 117 Å². The number of rotatable bonds is 9. The van der Waals surface area contributed by atoms with Gasteiger partial charge in [0.05, 0.1) is 42.1 Å². The van der Waals surface area contributed by atoms with Gasteiger partial charge in [-0.05, 0) is 109 Å². The van der Waals surface area contributed by atoms with Gasteiger partial charge in [0, 0.05) is 94.6 Å². The van der Waals surface area contributed by atoms with Crippen molar-refractivity contribution in [3.8, 4) is 33.8 Å². The van der Waals surface area contributed by atoms with Gasteiger partial charge < -0.3 is 19.0 Å². The lowest BCUT2D eigenvalue weighted by Gasteiger charge is -2.17. The predicted octanol–water partition coefficient (Wildman–Crippen LogP) is 7.79. The van der Waals surface area contributed by atoms with E-state index in [0.29, 0.717) is 50.6 Å². The molecule has 4 aromatic carbocycles. The molecule has 338 valence electrons. The van der Waals surface area contributed by atoms with E-state index in [1.807, 2.05) is 19.9 Å². The van der Waals surface area contributed by atoms with E-state index in [0.717, 1.165) is 27.8 Å². The monoisotopic (exact) mass is 922 g/mol. The van der Waals surface area contributed by atoms with Gasteiger partial charge in [-0.1, -0.05) is 13.8 Å². The summed E-state index contributed by atoms with van der Waals surface area (Å²) >= 11 is 0. The highest BCUT2D eigenvalue weighted by Gasteiger charge is 2.29. The van der Waals surface area contributed by atoms with Crippen molar-refractivity contribution in [1.82, 2.24) is 9.13 Å². The Morgan fingerprint density at radius 3 is 1.42 bits per heavy atom. The number of aromatic nitrogens is 2. The fourth-order valence-corrected chi connectivity index (χ4v) is 9.78. The number of pyridine rings is 2. The SMILES string of the molecule is CCS(=O)(=O)Cc1cc2c(cc1O)C(c1ccc(F)cc1)=N[C@@H](C)c1cc(=O)n(C)cc1-2.CCS(=O)(=O)Cc1cc2c(cc1OC)C(c1ccc(F)cc1)=N[C@@H](C)c1cc(=O)n(C)cc1-2. The Balaban J connectivity index is 0.000000194. The van der Waals surface area contributed by atoms with Crippen molar-refractivity contribution in [2.24, 2.45) is 24.1 Å². The molecule has 8 rings (SSSR count). The van der Waals surface area contributed by atoms with Gasteiger partial charge in [0.25, 0.3) is 11.1 Å². The van der Waals surface area contributed by atoms with E-state index < -0.39 is 25.7 Å². The van der Waals surface area contributed by atoms with Crippen molar-refractivity contribution in [2.75, 3.05) is 18.6 Å². The Morgan fingerprint density at radius 2 is 1.00 bits per heavy atom. The molecule has 0 saturated carbocycles. The number of phenolic OH excluding ortho intramolecular Hbond substituents is 1. The Hall–Kier alpha value is -6.52. The summed E-state index contributed by atoms with van der Waals surface area (Å²) in [6.45, 7) is 6.92. The smallest absolute Gasteiger partial charge is 0.250 e. The highest BCUT2D eigenvalue weighted by atomic mass is 32.2. The zero-order chi connectivity index (χ0) is 47.1. The summed E-state index contributed by atoms with van der Waals surface area (Å²) in [5.41, 5.74) is 8.61. The molecule has 2 aliphatic rings. The lowest BCUT2D eigenvalue weighted by molar-refractivity contribution is 0.411. The molecule has 2 aromatic heterocycles. The second-order valence-electron chi connectivity index (χ2n) is 16.1. The maximum atomic E-state index is 13.6. The van der Waals surface area contributed by atoms with Crippen molar-refractivity contribution in [3.05, 3.63) is 174 Å². The molecule has 0 spiro atoms. The van der Waals surface area contributed by atoms with Crippen LogP contribution in [0, 0.1) is 11.6 Å². The van der Waals surface area contributed by atoms with E-state index in [1.54, 1.807) is 82.8 Å². The molecule has 0 unspecified atom stereocenters. The Morgan fingerprint density at radius 1 is 0.600 bits per heavy atom.